The number of nitro benzene ring substituents is 1. The Kier molecular flexibility index (Phi) is 4.39. The predicted molar refractivity (Wildman–Crippen MR) is 75.3 cm³/mol. The number of aromatic carboxylic acids is 1. The molecule has 0 aliphatic rings. The topological polar surface area (TPSA) is 98.9 Å². The van der Waals surface area contributed by atoms with Crippen LogP contribution in [0.15, 0.2) is 29.6 Å². The zero-order chi connectivity index (χ0) is 15.4. The van der Waals surface area contributed by atoms with Gasteiger partial charge in [0.15, 0.2) is 5.75 Å². The second kappa shape index (κ2) is 6.23. The van der Waals surface area contributed by atoms with Crippen molar-refractivity contribution in [2.45, 2.75) is 6.61 Å². The van der Waals surface area contributed by atoms with Crippen LogP contribution in [0.25, 0.3) is 0 Å². The molecular formula is C13H11NO6S. The minimum Gasteiger partial charge on any atom is -0.490 e. The molecule has 1 N–H and O–H groups in total. The van der Waals surface area contributed by atoms with E-state index in [1.165, 1.54) is 25.3 Å². The molecule has 0 aliphatic carbocycles. The number of methoxy groups -OCH3 is 1. The molecule has 1 aromatic heterocycles. The largest absolute Gasteiger partial charge is 0.490 e. The van der Waals surface area contributed by atoms with Gasteiger partial charge in [0.2, 0.25) is 0 Å². The van der Waals surface area contributed by atoms with Gasteiger partial charge in [0.05, 0.1) is 18.1 Å². The van der Waals surface area contributed by atoms with Crippen LogP contribution in [-0.4, -0.2) is 23.1 Å². The number of nitro groups is 1. The maximum atomic E-state index is 11.0. The van der Waals surface area contributed by atoms with Gasteiger partial charge in [-0.3, -0.25) is 10.1 Å². The summed E-state index contributed by atoms with van der Waals surface area (Å²) in [5.41, 5.74) is 0.310. The molecule has 0 saturated heterocycles. The van der Waals surface area contributed by atoms with Crippen molar-refractivity contribution in [2.75, 3.05) is 7.11 Å². The van der Waals surface area contributed by atoms with E-state index in [2.05, 4.69) is 0 Å². The van der Waals surface area contributed by atoms with Crippen LogP contribution in [0.4, 0.5) is 5.69 Å². The molecule has 0 saturated carbocycles. The summed E-state index contributed by atoms with van der Waals surface area (Å²) in [6.07, 6.45) is 0. The SMILES string of the molecule is COc1ccc(OCc2ccsc2C(=O)O)cc1[N+](=O)[O-]. The van der Waals surface area contributed by atoms with E-state index in [4.69, 9.17) is 14.6 Å². The highest BCUT2D eigenvalue weighted by molar-refractivity contribution is 7.12. The first kappa shape index (κ1) is 14.8. The van der Waals surface area contributed by atoms with Crippen molar-refractivity contribution in [3.63, 3.8) is 0 Å². The lowest BCUT2D eigenvalue weighted by Crippen LogP contribution is -2.02. The molecule has 1 aromatic carbocycles. The zero-order valence-corrected chi connectivity index (χ0v) is 11.8. The molecule has 0 bridgehead atoms. The van der Waals surface area contributed by atoms with Crippen molar-refractivity contribution in [3.05, 3.63) is 50.2 Å². The number of hydrogen-bond donors (Lipinski definition) is 1. The van der Waals surface area contributed by atoms with E-state index in [-0.39, 0.29) is 28.7 Å². The molecule has 0 amide bonds. The van der Waals surface area contributed by atoms with Crippen LogP contribution < -0.4 is 9.47 Å². The smallest absolute Gasteiger partial charge is 0.346 e. The second-order valence-electron chi connectivity index (χ2n) is 3.96. The zero-order valence-electron chi connectivity index (χ0n) is 10.9. The number of rotatable bonds is 6. The van der Waals surface area contributed by atoms with E-state index in [9.17, 15) is 14.9 Å². The first-order valence-corrected chi connectivity index (χ1v) is 6.65. The lowest BCUT2D eigenvalue weighted by molar-refractivity contribution is -0.385. The molecule has 21 heavy (non-hydrogen) atoms. The van der Waals surface area contributed by atoms with E-state index in [0.29, 0.717) is 5.56 Å². The summed E-state index contributed by atoms with van der Waals surface area (Å²) in [4.78, 5) is 21.5. The van der Waals surface area contributed by atoms with Gasteiger partial charge in [-0.05, 0) is 23.6 Å². The number of hydrogen-bond acceptors (Lipinski definition) is 6. The molecule has 1 heterocycles. The molecule has 7 nitrogen and oxygen atoms in total. The van der Waals surface area contributed by atoms with Gasteiger partial charge in [0, 0.05) is 5.56 Å². The summed E-state index contributed by atoms with van der Waals surface area (Å²) in [5.74, 6) is -0.622. The lowest BCUT2D eigenvalue weighted by Gasteiger charge is -2.07. The van der Waals surface area contributed by atoms with Crippen molar-refractivity contribution in [2.24, 2.45) is 0 Å². The molecule has 110 valence electrons. The van der Waals surface area contributed by atoms with Crippen LogP contribution in [0.3, 0.4) is 0 Å². The van der Waals surface area contributed by atoms with Crippen LogP contribution in [0, 0.1) is 10.1 Å². The molecule has 8 heteroatoms. The van der Waals surface area contributed by atoms with Crippen LogP contribution in [0.5, 0.6) is 11.5 Å². The monoisotopic (exact) mass is 309 g/mol. The van der Waals surface area contributed by atoms with Gasteiger partial charge in [-0.1, -0.05) is 0 Å². The molecule has 0 atom stereocenters. The molecule has 2 aromatic rings. The van der Waals surface area contributed by atoms with E-state index in [1.807, 2.05) is 0 Å². The number of carboxylic acids is 1. The van der Waals surface area contributed by atoms with Crippen molar-refractivity contribution in [1.29, 1.82) is 0 Å². The molecule has 0 radical (unpaired) electrons. The van der Waals surface area contributed by atoms with E-state index < -0.39 is 10.9 Å². The van der Waals surface area contributed by atoms with Crippen molar-refractivity contribution in [3.8, 4) is 11.5 Å². The summed E-state index contributed by atoms with van der Waals surface area (Å²) >= 11 is 1.10. The predicted octanol–water partition coefficient (Wildman–Crippen LogP) is 2.94. The molecule has 2 rings (SSSR count). The normalized spacial score (nSPS) is 10.1. The Labute approximate surface area is 123 Å². The van der Waals surface area contributed by atoms with Gasteiger partial charge in [-0.15, -0.1) is 11.3 Å². The highest BCUT2D eigenvalue weighted by Gasteiger charge is 2.17. The fourth-order valence-corrected chi connectivity index (χ4v) is 2.45. The minimum atomic E-state index is -1.02. The van der Waals surface area contributed by atoms with Gasteiger partial charge in [0.25, 0.3) is 0 Å². The van der Waals surface area contributed by atoms with Gasteiger partial charge in [-0.25, -0.2) is 4.79 Å². The van der Waals surface area contributed by atoms with Gasteiger partial charge >= 0.3 is 11.7 Å². The number of nitrogens with zero attached hydrogens (tertiary/aromatic N) is 1. The van der Waals surface area contributed by atoms with Gasteiger partial charge < -0.3 is 14.6 Å². The average molecular weight is 309 g/mol. The highest BCUT2D eigenvalue weighted by atomic mass is 32.1. The fraction of sp³-hybridized carbons (Fsp3) is 0.154. The lowest BCUT2D eigenvalue weighted by atomic mass is 10.2. The number of carbonyl (C=O) groups is 1. The standard InChI is InChI=1S/C13H11NO6S/c1-19-11-3-2-9(6-10(11)14(17)18)20-7-8-4-5-21-12(8)13(15)16/h2-6H,7H2,1H3,(H,15,16). The average Bonchev–Trinajstić information content (AvgIpc) is 2.93. The van der Waals surface area contributed by atoms with E-state index >= 15 is 0 Å². The quantitative estimate of drug-likeness (QED) is 0.650. The van der Waals surface area contributed by atoms with E-state index in [1.54, 1.807) is 11.4 Å². The summed E-state index contributed by atoms with van der Waals surface area (Å²) in [5, 5.41) is 21.5. The molecular weight excluding hydrogens is 298 g/mol. The maximum absolute atomic E-state index is 11.0. The molecule has 0 unspecified atom stereocenters. The molecule has 0 fully saturated rings. The summed E-state index contributed by atoms with van der Waals surface area (Å²) in [6.45, 7) is 0.0224. The van der Waals surface area contributed by atoms with Crippen LogP contribution in [0.1, 0.15) is 15.2 Å². The Morgan fingerprint density at radius 3 is 2.81 bits per heavy atom. The Hall–Kier alpha value is -2.61. The number of carboxylic acid groups (broad SMARTS) is 1. The summed E-state index contributed by atoms with van der Waals surface area (Å²) in [7, 11) is 1.34. The Morgan fingerprint density at radius 2 is 2.19 bits per heavy atom. The summed E-state index contributed by atoms with van der Waals surface area (Å²) in [6, 6.07) is 5.84. The van der Waals surface area contributed by atoms with E-state index in [0.717, 1.165) is 11.3 Å². The third kappa shape index (κ3) is 3.29. The van der Waals surface area contributed by atoms with Crippen molar-refractivity contribution >= 4 is 23.0 Å². The third-order valence-corrected chi connectivity index (χ3v) is 3.63. The number of ether oxygens (including phenoxy) is 2. The minimum absolute atomic E-state index is 0.0224. The first-order chi connectivity index (χ1) is 10.0. The van der Waals surface area contributed by atoms with Crippen LogP contribution >= 0.6 is 11.3 Å². The Bertz CT molecular complexity index is 681. The number of benzene rings is 1. The maximum Gasteiger partial charge on any atom is 0.346 e. The van der Waals surface area contributed by atoms with Crippen LogP contribution in [-0.2, 0) is 6.61 Å². The summed E-state index contributed by atoms with van der Waals surface area (Å²) < 4.78 is 10.3. The highest BCUT2D eigenvalue weighted by Crippen LogP contribution is 2.31. The van der Waals surface area contributed by atoms with Gasteiger partial charge in [-0.2, -0.15) is 0 Å². The van der Waals surface area contributed by atoms with Crippen molar-refractivity contribution < 1.29 is 24.3 Å². The van der Waals surface area contributed by atoms with Crippen molar-refractivity contribution in [1.82, 2.24) is 0 Å². The van der Waals surface area contributed by atoms with Crippen LogP contribution in [0.2, 0.25) is 0 Å². The molecule has 0 aliphatic heterocycles. The van der Waals surface area contributed by atoms with Gasteiger partial charge in [0.1, 0.15) is 17.2 Å². The Balaban J connectivity index is 2.17. The number of thiophene rings is 1. The third-order valence-electron chi connectivity index (χ3n) is 2.68. The molecule has 0 spiro atoms. The first-order valence-electron chi connectivity index (χ1n) is 5.78. The second-order valence-corrected chi connectivity index (χ2v) is 4.88. The fourth-order valence-electron chi connectivity index (χ4n) is 1.70. The Morgan fingerprint density at radius 1 is 1.43 bits per heavy atom.